The lowest BCUT2D eigenvalue weighted by Crippen LogP contribution is -2.38. The van der Waals surface area contributed by atoms with Crippen LogP contribution in [0.15, 0.2) is 29.2 Å². The molecule has 9 heteroatoms. The van der Waals surface area contributed by atoms with E-state index in [1.807, 2.05) is 11.5 Å². The highest BCUT2D eigenvalue weighted by molar-refractivity contribution is 7.89. The number of hydrogen-bond donors (Lipinski definition) is 1. The van der Waals surface area contributed by atoms with Crippen molar-refractivity contribution in [3.8, 4) is 0 Å². The summed E-state index contributed by atoms with van der Waals surface area (Å²) in [6, 6.07) is 6.13. The summed E-state index contributed by atoms with van der Waals surface area (Å²) in [6.07, 6.45) is 0. The second kappa shape index (κ2) is 5.74. The van der Waals surface area contributed by atoms with Crippen LogP contribution in [0.25, 0.3) is 0 Å². The Labute approximate surface area is 134 Å². The molecule has 1 aliphatic heterocycles. The molecule has 1 amide bonds. The summed E-state index contributed by atoms with van der Waals surface area (Å²) in [4.78, 5) is 11.2. The Morgan fingerprint density at radius 1 is 1.17 bits per heavy atom. The zero-order valence-corrected chi connectivity index (χ0v) is 13.7. The van der Waals surface area contributed by atoms with Crippen LogP contribution < -0.4 is 5.32 Å². The van der Waals surface area contributed by atoms with Crippen molar-refractivity contribution in [3.05, 3.63) is 35.9 Å². The third-order valence-corrected chi connectivity index (χ3v) is 5.57. The normalized spacial score (nSPS) is 15.2. The summed E-state index contributed by atoms with van der Waals surface area (Å²) in [5, 5.41) is 10.6. The predicted octanol–water partition coefficient (Wildman–Crippen LogP) is 0.749. The van der Waals surface area contributed by atoms with E-state index in [0.29, 0.717) is 24.6 Å². The van der Waals surface area contributed by atoms with Crippen molar-refractivity contribution in [2.75, 3.05) is 11.9 Å². The number of rotatable bonds is 3. The summed E-state index contributed by atoms with van der Waals surface area (Å²) < 4.78 is 28.8. The second-order valence-electron chi connectivity index (χ2n) is 5.36. The molecule has 0 saturated carbocycles. The molecule has 1 aliphatic rings. The van der Waals surface area contributed by atoms with E-state index in [1.54, 1.807) is 12.1 Å². The minimum absolute atomic E-state index is 0.191. The van der Waals surface area contributed by atoms with Crippen molar-refractivity contribution in [2.24, 2.45) is 0 Å². The predicted molar refractivity (Wildman–Crippen MR) is 83.1 cm³/mol. The molecule has 0 fully saturated rings. The first-order valence-corrected chi connectivity index (χ1v) is 8.58. The molecule has 1 aromatic carbocycles. The van der Waals surface area contributed by atoms with E-state index in [2.05, 4.69) is 15.5 Å². The maximum atomic E-state index is 12.7. The van der Waals surface area contributed by atoms with E-state index in [9.17, 15) is 13.2 Å². The van der Waals surface area contributed by atoms with Gasteiger partial charge in [-0.1, -0.05) is 0 Å². The molecule has 23 heavy (non-hydrogen) atoms. The van der Waals surface area contributed by atoms with Gasteiger partial charge in [0.25, 0.3) is 0 Å². The molecule has 8 nitrogen and oxygen atoms in total. The van der Waals surface area contributed by atoms with Crippen molar-refractivity contribution in [1.82, 2.24) is 19.1 Å². The molecule has 0 aliphatic carbocycles. The number of hydrogen-bond acceptors (Lipinski definition) is 5. The first kappa shape index (κ1) is 15.6. The van der Waals surface area contributed by atoms with Crippen LogP contribution in [0.5, 0.6) is 0 Å². The monoisotopic (exact) mass is 335 g/mol. The first-order chi connectivity index (χ1) is 10.9. The van der Waals surface area contributed by atoms with E-state index >= 15 is 0 Å². The number of anilines is 1. The lowest BCUT2D eigenvalue weighted by molar-refractivity contribution is -0.114. The Kier molecular flexibility index (Phi) is 3.90. The zero-order chi connectivity index (χ0) is 16.6. The van der Waals surface area contributed by atoms with Gasteiger partial charge in [0.2, 0.25) is 15.9 Å². The molecule has 0 spiro atoms. The number of aryl methyl sites for hydroxylation is 1. The van der Waals surface area contributed by atoms with Gasteiger partial charge in [0.05, 0.1) is 11.4 Å². The molecule has 0 atom stereocenters. The number of benzene rings is 1. The number of sulfonamides is 1. The molecule has 0 saturated heterocycles. The number of amides is 1. The van der Waals surface area contributed by atoms with E-state index in [1.165, 1.54) is 23.4 Å². The van der Waals surface area contributed by atoms with Gasteiger partial charge in [-0.2, -0.15) is 4.31 Å². The quantitative estimate of drug-likeness (QED) is 0.893. The van der Waals surface area contributed by atoms with Crippen LogP contribution in [-0.4, -0.2) is 39.9 Å². The first-order valence-electron chi connectivity index (χ1n) is 7.14. The summed E-state index contributed by atoms with van der Waals surface area (Å²) >= 11 is 0. The smallest absolute Gasteiger partial charge is 0.243 e. The maximum Gasteiger partial charge on any atom is 0.243 e. The Balaban J connectivity index is 1.83. The number of carbonyl (C=O) groups is 1. The largest absolute Gasteiger partial charge is 0.326 e. The number of nitrogens with zero attached hydrogens (tertiary/aromatic N) is 4. The van der Waals surface area contributed by atoms with Gasteiger partial charge in [-0.3, -0.25) is 4.79 Å². The fourth-order valence-corrected chi connectivity index (χ4v) is 3.93. The van der Waals surface area contributed by atoms with Crippen molar-refractivity contribution in [3.63, 3.8) is 0 Å². The number of aromatic nitrogens is 3. The van der Waals surface area contributed by atoms with Crippen LogP contribution in [0.1, 0.15) is 18.6 Å². The van der Waals surface area contributed by atoms with Gasteiger partial charge in [-0.25, -0.2) is 8.42 Å². The number of carbonyl (C=O) groups excluding carboxylic acids is 1. The van der Waals surface area contributed by atoms with Crippen LogP contribution in [0.2, 0.25) is 0 Å². The fourth-order valence-electron chi connectivity index (χ4n) is 2.55. The van der Waals surface area contributed by atoms with Crippen molar-refractivity contribution < 1.29 is 13.2 Å². The average Bonchev–Trinajstić information content (AvgIpc) is 2.88. The summed E-state index contributed by atoms with van der Waals surface area (Å²) in [6.45, 7) is 4.37. The maximum absolute atomic E-state index is 12.7. The van der Waals surface area contributed by atoms with Crippen molar-refractivity contribution in [1.29, 1.82) is 0 Å². The van der Waals surface area contributed by atoms with Gasteiger partial charge in [0, 0.05) is 25.7 Å². The van der Waals surface area contributed by atoms with Gasteiger partial charge >= 0.3 is 0 Å². The summed E-state index contributed by atoms with van der Waals surface area (Å²) in [7, 11) is -3.60. The van der Waals surface area contributed by atoms with Gasteiger partial charge < -0.3 is 9.88 Å². The highest BCUT2D eigenvalue weighted by Gasteiger charge is 2.30. The Hall–Kier alpha value is -2.26. The summed E-state index contributed by atoms with van der Waals surface area (Å²) in [5.74, 6) is 1.23. The van der Waals surface area contributed by atoms with Crippen LogP contribution in [0.3, 0.4) is 0 Å². The van der Waals surface area contributed by atoms with Crippen LogP contribution in [0, 0.1) is 6.92 Å². The van der Waals surface area contributed by atoms with Crippen LogP contribution in [-0.2, 0) is 27.9 Å². The molecule has 2 heterocycles. The third-order valence-electron chi connectivity index (χ3n) is 3.72. The van der Waals surface area contributed by atoms with Crippen LogP contribution in [0.4, 0.5) is 5.69 Å². The highest BCUT2D eigenvalue weighted by Crippen LogP contribution is 2.22. The van der Waals surface area contributed by atoms with E-state index in [4.69, 9.17) is 0 Å². The molecule has 0 unspecified atom stereocenters. The highest BCUT2D eigenvalue weighted by atomic mass is 32.2. The molecule has 1 N–H and O–H groups in total. The molecular formula is C14H17N5O3S. The number of fused-ring (bicyclic) bond motifs is 1. The fraction of sp³-hybridized carbons (Fsp3) is 0.357. The Morgan fingerprint density at radius 2 is 1.87 bits per heavy atom. The molecule has 0 radical (unpaired) electrons. The minimum atomic E-state index is -3.60. The Bertz CT molecular complexity index is 842. The second-order valence-corrected chi connectivity index (χ2v) is 7.30. The molecule has 122 valence electrons. The van der Waals surface area contributed by atoms with Gasteiger partial charge in [-0.05, 0) is 31.2 Å². The minimum Gasteiger partial charge on any atom is -0.326 e. The molecular weight excluding hydrogens is 318 g/mol. The standard InChI is InChI=1S/C14H17N5O3S/c1-10-16-17-14-9-18(7-8-19(10)14)23(21,22)13-5-3-12(4-6-13)15-11(2)20/h3-6H,7-9H2,1-2H3,(H,15,20). The van der Waals surface area contributed by atoms with E-state index in [0.717, 1.165) is 5.82 Å². The zero-order valence-electron chi connectivity index (χ0n) is 12.9. The van der Waals surface area contributed by atoms with Gasteiger partial charge in [0.15, 0.2) is 0 Å². The third kappa shape index (κ3) is 2.97. The molecule has 1 aromatic heterocycles. The lowest BCUT2D eigenvalue weighted by atomic mass is 10.3. The average molecular weight is 335 g/mol. The summed E-state index contributed by atoms with van der Waals surface area (Å²) in [5.41, 5.74) is 0.561. The van der Waals surface area contributed by atoms with Gasteiger partial charge in [0.1, 0.15) is 11.6 Å². The number of nitrogens with one attached hydrogen (secondary N) is 1. The SMILES string of the molecule is CC(=O)Nc1ccc(S(=O)(=O)N2CCn3c(C)nnc3C2)cc1. The van der Waals surface area contributed by atoms with Crippen molar-refractivity contribution >= 4 is 21.6 Å². The molecule has 2 aromatic rings. The van der Waals surface area contributed by atoms with E-state index < -0.39 is 10.0 Å². The Morgan fingerprint density at radius 3 is 2.52 bits per heavy atom. The van der Waals surface area contributed by atoms with E-state index in [-0.39, 0.29) is 17.3 Å². The van der Waals surface area contributed by atoms with Crippen molar-refractivity contribution in [2.45, 2.75) is 31.8 Å². The molecule has 0 bridgehead atoms. The molecule has 3 rings (SSSR count). The topological polar surface area (TPSA) is 97.2 Å². The van der Waals surface area contributed by atoms with Crippen LogP contribution >= 0.6 is 0 Å². The lowest BCUT2D eigenvalue weighted by Gasteiger charge is -2.26. The van der Waals surface area contributed by atoms with Gasteiger partial charge in [-0.15, -0.1) is 10.2 Å².